The van der Waals surface area contributed by atoms with E-state index in [2.05, 4.69) is 47.5 Å². The average molecular weight is 306 g/mol. The molecule has 2 heterocycles. The molecule has 116 valence electrons. The van der Waals surface area contributed by atoms with E-state index in [1.54, 1.807) is 0 Å². The molecule has 0 saturated carbocycles. The molecule has 4 heteroatoms. The zero-order chi connectivity index (χ0) is 15.8. The van der Waals surface area contributed by atoms with E-state index in [0.29, 0.717) is 13.2 Å². The van der Waals surface area contributed by atoms with Crippen LogP contribution in [0.3, 0.4) is 0 Å². The van der Waals surface area contributed by atoms with Crippen LogP contribution in [0.2, 0.25) is 0 Å². The van der Waals surface area contributed by atoms with Gasteiger partial charge in [0.2, 0.25) is 0 Å². The first-order chi connectivity index (χ1) is 11.2. The Morgan fingerprint density at radius 1 is 0.870 bits per heavy atom. The number of nitrogens with one attached hydrogen (secondary N) is 1. The van der Waals surface area contributed by atoms with Crippen LogP contribution in [0.4, 0.5) is 0 Å². The SMILES string of the molecule is Cc1ccc(-c2n[nH]c(C)c2-c2ccc3c(c2)OCCO3)cc1. The molecule has 1 aliphatic heterocycles. The molecular formula is C19H18N2O2. The van der Waals surface area contributed by atoms with Gasteiger partial charge in [-0.3, -0.25) is 5.10 Å². The van der Waals surface area contributed by atoms with Gasteiger partial charge in [0.25, 0.3) is 0 Å². The maximum atomic E-state index is 5.71. The molecule has 0 spiro atoms. The van der Waals surface area contributed by atoms with Gasteiger partial charge < -0.3 is 9.47 Å². The second kappa shape index (κ2) is 5.47. The molecule has 2 aromatic carbocycles. The lowest BCUT2D eigenvalue weighted by Crippen LogP contribution is -2.15. The number of aryl methyl sites for hydroxylation is 2. The highest BCUT2D eigenvalue weighted by molar-refractivity contribution is 5.83. The fraction of sp³-hybridized carbons (Fsp3) is 0.211. The minimum Gasteiger partial charge on any atom is -0.486 e. The molecule has 0 fully saturated rings. The van der Waals surface area contributed by atoms with Crippen LogP contribution in [-0.2, 0) is 0 Å². The number of nitrogens with zero attached hydrogens (tertiary/aromatic N) is 1. The molecule has 1 aromatic heterocycles. The Bertz CT molecular complexity index is 850. The third-order valence-corrected chi connectivity index (χ3v) is 4.10. The smallest absolute Gasteiger partial charge is 0.161 e. The second-order valence-corrected chi connectivity index (χ2v) is 5.80. The topological polar surface area (TPSA) is 47.1 Å². The van der Waals surface area contributed by atoms with Crippen LogP contribution in [0.25, 0.3) is 22.4 Å². The highest BCUT2D eigenvalue weighted by atomic mass is 16.6. The minimum atomic E-state index is 0.589. The van der Waals surface area contributed by atoms with Crippen molar-refractivity contribution in [3.8, 4) is 33.9 Å². The molecule has 1 N–H and O–H groups in total. The molecule has 0 saturated heterocycles. The van der Waals surface area contributed by atoms with Crippen molar-refractivity contribution < 1.29 is 9.47 Å². The fourth-order valence-corrected chi connectivity index (χ4v) is 2.90. The van der Waals surface area contributed by atoms with Crippen LogP contribution >= 0.6 is 0 Å². The van der Waals surface area contributed by atoms with Gasteiger partial charge in [0.15, 0.2) is 11.5 Å². The van der Waals surface area contributed by atoms with Crippen molar-refractivity contribution in [1.82, 2.24) is 10.2 Å². The van der Waals surface area contributed by atoms with Crippen molar-refractivity contribution in [3.05, 3.63) is 53.7 Å². The summed E-state index contributed by atoms with van der Waals surface area (Å²) in [6.07, 6.45) is 0. The Morgan fingerprint density at radius 2 is 1.57 bits per heavy atom. The average Bonchev–Trinajstić information content (AvgIpc) is 2.97. The number of benzene rings is 2. The van der Waals surface area contributed by atoms with Gasteiger partial charge in [0.05, 0.1) is 0 Å². The van der Waals surface area contributed by atoms with E-state index in [4.69, 9.17) is 9.47 Å². The predicted molar refractivity (Wildman–Crippen MR) is 89.9 cm³/mol. The first-order valence-corrected chi connectivity index (χ1v) is 7.74. The van der Waals surface area contributed by atoms with Crippen molar-refractivity contribution in [2.45, 2.75) is 13.8 Å². The summed E-state index contributed by atoms with van der Waals surface area (Å²) in [6.45, 7) is 5.31. The molecule has 0 bridgehead atoms. The van der Waals surface area contributed by atoms with E-state index in [-0.39, 0.29) is 0 Å². The van der Waals surface area contributed by atoms with Crippen molar-refractivity contribution in [1.29, 1.82) is 0 Å². The predicted octanol–water partition coefficient (Wildman–Crippen LogP) is 4.13. The summed E-state index contributed by atoms with van der Waals surface area (Å²) in [4.78, 5) is 0. The Hall–Kier alpha value is -2.75. The van der Waals surface area contributed by atoms with Gasteiger partial charge in [0.1, 0.15) is 18.9 Å². The van der Waals surface area contributed by atoms with E-state index in [1.165, 1.54) is 5.56 Å². The van der Waals surface area contributed by atoms with Crippen molar-refractivity contribution >= 4 is 0 Å². The highest BCUT2D eigenvalue weighted by Gasteiger charge is 2.18. The highest BCUT2D eigenvalue weighted by Crippen LogP contribution is 2.38. The third kappa shape index (κ3) is 2.46. The lowest BCUT2D eigenvalue weighted by molar-refractivity contribution is 0.171. The molecule has 1 aliphatic rings. The van der Waals surface area contributed by atoms with Gasteiger partial charge in [-0.15, -0.1) is 0 Å². The van der Waals surface area contributed by atoms with Gasteiger partial charge in [0, 0.05) is 16.8 Å². The number of hydrogen-bond donors (Lipinski definition) is 1. The molecule has 0 unspecified atom stereocenters. The van der Waals surface area contributed by atoms with Crippen molar-refractivity contribution in [2.24, 2.45) is 0 Å². The largest absolute Gasteiger partial charge is 0.486 e. The molecule has 4 rings (SSSR count). The van der Waals surface area contributed by atoms with Crippen LogP contribution in [0.5, 0.6) is 11.5 Å². The minimum absolute atomic E-state index is 0.589. The monoisotopic (exact) mass is 306 g/mol. The van der Waals surface area contributed by atoms with Gasteiger partial charge in [-0.05, 0) is 31.5 Å². The maximum Gasteiger partial charge on any atom is 0.161 e. The first kappa shape index (κ1) is 13.9. The van der Waals surface area contributed by atoms with Gasteiger partial charge in [-0.2, -0.15) is 5.10 Å². The second-order valence-electron chi connectivity index (χ2n) is 5.80. The van der Waals surface area contributed by atoms with Crippen molar-refractivity contribution in [3.63, 3.8) is 0 Å². The van der Waals surface area contributed by atoms with E-state index in [9.17, 15) is 0 Å². The zero-order valence-electron chi connectivity index (χ0n) is 13.2. The standard InChI is InChI=1S/C19H18N2O2/c1-12-3-5-14(6-4-12)19-18(13(2)20-21-19)15-7-8-16-17(11-15)23-10-9-22-16/h3-8,11H,9-10H2,1-2H3,(H,20,21). The Balaban J connectivity index is 1.83. The molecule has 4 nitrogen and oxygen atoms in total. The summed E-state index contributed by atoms with van der Waals surface area (Å²) < 4.78 is 11.3. The quantitative estimate of drug-likeness (QED) is 0.774. The van der Waals surface area contributed by atoms with Gasteiger partial charge in [-0.25, -0.2) is 0 Å². The lowest BCUT2D eigenvalue weighted by atomic mass is 9.98. The van der Waals surface area contributed by atoms with E-state index in [0.717, 1.165) is 39.6 Å². The summed E-state index contributed by atoms with van der Waals surface area (Å²) in [5.74, 6) is 1.60. The molecular weight excluding hydrogens is 288 g/mol. The van der Waals surface area contributed by atoms with Crippen LogP contribution < -0.4 is 9.47 Å². The number of hydrogen-bond acceptors (Lipinski definition) is 3. The van der Waals surface area contributed by atoms with Crippen LogP contribution in [0.1, 0.15) is 11.3 Å². The Kier molecular flexibility index (Phi) is 3.30. The molecule has 0 amide bonds. The summed E-state index contributed by atoms with van der Waals surface area (Å²) >= 11 is 0. The summed E-state index contributed by atoms with van der Waals surface area (Å²) in [6, 6.07) is 14.5. The van der Waals surface area contributed by atoms with E-state index < -0.39 is 0 Å². The molecule has 3 aromatic rings. The van der Waals surface area contributed by atoms with E-state index in [1.807, 2.05) is 19.1 Å². The van der Waals surface area contributed by atoms with Crippen LogP contribution in [0.15, 0.2) is 42.5 Å². The van der Waals surface area contributed by atoms with Crippen LogP contribution in [-0.4, -0.2) is 23.4 Å². The van der Waals surface area contributed by atoms with Gasteiger partial charge >= 0.3 is 0 Å². The van der Waals surface area contributed by atoms with Crippen molar-refractivity contribution in [2.75, 3.05) is 13.2 Å². The van der Waals surface area contributed by atoms with Gasteiger partial charge in [-0.1, -0.05) is 35.9 Å². The number of aromatic amines is 1. The normalized spacial score (nSPS) is 13.1. The molecule has 23 heavy (non-hydrogen) atoms. The summed E-state index contributed by atoms with van der Waals surface area (Å²) in [5, 5.41) is 7.61. The summed E-state index contributed by atoms with van der Waals surface area (Å²) in [7, 11) is 0. The zero-order valence-corrected chi connectivity index (χ0v) is 13.2. The molecule has 0 atom stereocenters. The third-order valence-electron chi connectivity index (χ3n) is 4.10. The number of aromatic nitrogens is 2. The molecule has 0 aliphatic carbocycles. The number of rotatable bonds is 2. The number of ether oxygens (including phenoxy) is 2. The Labute approximate surface area is 135 Å². The summed E-state index contributed by atoms with van der Waals surface area (Å²) in [5.41, 5.74) is 6.52. The number of fused-ring (bicyclic) bond motifs is 1. The van der Waals surface area contributed by atoms with E-state index >= 15 is 0 Å². The Morgan fingerprint density at radius 3 is 2.35 bits per heavy atom. The molecule has 0 radical (unpaired) electrons. The fourth-order valence-electron chi connectivity index (χ4n) is 2.90. The van der Waals surface area contributed by atoms with Crippen LogP contribution in [0, 0.1) is 13.8 Å². The maximum absolute atomic E-state index is 5.71. The lowest BCUT2D eigenvalue weighted by Gasteiger charge is -2.19. The first-order valence-electron chi connectivity index (χ1n) is 7.74. The number of H-pyrrole nitrogens is 1.